The van der Waals surface area contributed by atoms with E-state index in [1.165, 1.54) is 6.92 Å². The van der Waals surface area contributed by atoms with E-state index in [-0.39, 0.29) is 6.54 Å². The predicted molar refractivity (Wildman–Crippen MR) is 55.7 cm³/mol. The molecule has 0 spiro atoms. The van der Waals surface area contributed by atoms with Crippen molar-refractivity contribution < 1.29 is 18.0 Å². The van der Waals surface area contributed by atoms with Gasteiger partial charge in [-0.2, -0.15) is 13.2 Å². The first-order valence-corrected chi connectivity index (χ1v) is 5.22. The monoisotopic (exact) mass is 240 g/mol. The van der Waals surface area contributed by atoms with E-state index in [4.69, 9.17) is 5.73 Å². The van der Waals surface area contributed by atoms with Crippen molar-refractivity contribution in [2.75, 3.05) is 6.54 Å². The molecule has 0 saturated heterocycles. The molecule has 0 aromatic heterocycles. The molecule has 0 aliphatic carbocycles. The Labute approximate surface area is 93.6 Å². The van der Waals surface area contributed by atoms with Crippen LogP contribution in [0.15, 0.2) is 0 Å². The van der Waals surface area contributed by atoms with Crippen LogP contribution in [0, 0.1) is 5.41 Å². The number of rotatable bonds is 5. The first-order chi connectivity index (χ1) is 7.14. The zero-order chi connectivity index (χ0) is 13.0. The third-order valence-electron chi connectivity index (χ3n) is 2.69. The molecule has 0 saturated carbocycles. The summed E-state index contributed by atoms with van der Waals surface area (Å²) >= 11 is 0. The standard InChI is InChI=1S/C10H19F3N2O/c1-4-9(3,6-14)8(16)15-7(2)5-10(11,12)13/h7H,4-6,14H2,1-3H3,(H,15,16). The number of amides is 1. The van der Waals surface area contributed by atoms with Crippen molar-refractivity contribution in [3.8, 4) is 0 Å². The zero-order valence-electron chi connectivity index (χ0n) is 9.82. The molecule has 2 atom stereocenters. The zero-order valence-corrected chi connectivity index (χ0v) is 9.82. The van der Waals surface area contributed by atoms with E-state index in [1.807, 2.05) is 0 Å². The molecule has 0 aromatic carbocycles. The number of hydrogen-bond donors (Lipinski definition) is 2. The van der Waals surface area contributed by atoms with E-state index in [0.29, 0.717) is 6.42 Å². The van der Waals surface area contributed by atoms with Gasteiger partial charge in [-0.1, -0.05) is 6.92 Å². The second-order valence-corrected chi connectivity index (χ2v) is 4.31. The van der Waals surface area contributed by atoms with Crippen molar-refractivity contribution in [2.45, 2.75) is 45.8 Å². The Morgan fingerprint density at radius 2 is 1.94 bits per heavy atom. The lowest BCUT2D eigenvalue weighted by Crippen LogP contribution is -2.47. The largest absolute Gasteiger partial charge is 0.391 e. The number of nitrogens with one attached hydrogen (secondary N) is 1. The second kappa shape index (κ2) is 5.52. The molecule has 6 heteroatoms. The van der Waals surface area contributed by atoms with E-state index in [2.05, 4.69) is 5.32 Å². The number of hydrogen-bond acceptors (Lipinski definition) is 2. The van der Waals surface area contributed by atoms with Crippen LogP contribution in [-0.2, 0) is 4.79 Å². The van der Waals surface area contributed by atoms with Crippen LogP contribution in [-0.4, -0.2) is 24.7 Å². The third-order valence-corrected chi connectivity index (χ3v) is 2.69. The fraction of sp³-hybridized carbons (Fsp3) is 0.900. The minimum Gasteiger partial charge on any atom is -0.353 e. The summed E-state index contributed by atoms with van der Waals surface area (Å²) in [7, 11) is 0. The number of carbonyl (C=O) groups is 1. The van der Waals surface area contributed by atoms with Gasteiger partial charge in [0.1, 0.15) is 0 Å². The summed E-state index contributed by atoms with van der Waals surface area (Å²) in [4.78, 5) is 11.7. The molecule has 3 nitrogen and oxygen atoms in total. The van der Waals surface area contributed by atoms with Crippen molar-refractivity contribution in [3.63, 3.8) is 0 Å². The Hall–Kier alpha value is -0.780. The maximum absolute atomic E-state index is 12.0. The highest BCUT2D eigenvalue weighted by molar-refractivity contribution is 5.82. The molecule has 0 aromatic rings. The summed E-state index contributed by atoms with van der Waals surface area (Å²) in [5.74, 6) is -0.422. The first kappa shape index (κ1) is 15.2. The van der Waals surface area contributed by atoms with E-state index < -0.39 is 30.0 Å². The van der Waals surface area contributed by atoms with Crippen LogP contribution in [0.3, 0.4) is 0 Å². The highest BCUT2D eigenvalue weighted by atomic mass is 19.4. The highest BCUT2D eigenvalue weighted by Crippen LogP contribution is 2.23. The lowest BCUT2D eigenvalue weighted by atomic mass is 9.86. The van der Waals surface area contributed by atoms with E-state index in [1.54, 1.807) is 13.8 Å². The lowest BCUT2D eigenvalue weighted by molar-refractivity contribution is -0.143. The average molecular weight is 240 g/mol. The number of halogens is 3. The van der Waals surface area contributed by atoms with Gasteiger partial charge >= 0.3 is 6.18 Å². The molecular formula is C10H19F3N2O. The van der Waals surface area contributed by atoms with Gasteiger partial charge in [-0.3, -0.25) is 4.79 Å². The SMILES string of the molecule is CCC(C)(CN)C(=O)NC(C)CC(F)(F)F. The van der Waals surface area contributed by atoms with Crippen LogP contribution in [0.1, 0.15) is 33.6 Å². The van der Waals surface area contributed by atoms with Gasteiger partial charge in [0.25, 0.3) is 0 Å². The lowest BCUT2D eigenvalue weighted by Gasteiger charge is -2.27. The Morgan fingerprint density at radius 3 is 2.25 bits per heavy atom. The van der Waals surface area contributed by atoms with Crippen LogP contribution >= 0.6 is 0 Å². The normalized spacial score (nSPS) is 17.7. The quantitative estimate of drug-likeness (QED) is 0.770. The minimum atomic E-state index is -4.27. The van der Waals surface area contributed by atoms with Gasteiger partial charge in [0.2, 0.25) is 5.91 Å². The van der Waals surface area contributed by atoms with Gasteiger partial charge in [0.05, 0.1) is 11.8 Å². The van der Waals surface area contributed by atoms with Gasteiger partial charge in [-0.05, 0) is 20.3 Å². The Kier molecular flexibility index (Phi) is 5.25. The smallest absolute Gasteiger partial charge is 0.353 e. The number of carbonyl (C=O) groups excluding carboxylic acids is 1. The number of nitrogens with two attached hydrogens (primary N) is 1. The van der Waals surface area contributed by atoms with Crippen molar-refractivity contribution in [1.82, 2.24) is 5.32 Å². The molecule has 0 aliphatic heterocycles. The van der Waals surface area contributed by atoms with Crippen molar-refractivity contribution in [2.24, 2.45) is 11.1 Å². The molecule has 96 valence electrons. The van der Waals surface area contributed by atoms with Crippen LogP contribution in [0.4, 0.5) is 13.2 Å². The van der Waals surface area contributed by atoms with Crippen molar-refractivity contribution in [1.29, 1.82) is 0 Å². The molecule has 0 radical (unpaired) electrons. The molecule has 3 N–H and O–H groups in total. The maximum atomic E-state index is 12.0. The molecule has 0 aliphatic rings. The first-order valence-electron chi connectivity index (χ1n) is 5.22. The summed E-state index contributed by atoms with van der Waals surface area (Å²) in [6.07, 6.45) is -4.80. The van der Waals surface area contributed by atoms with Gasteiger partial charge < -0.3 is 11.1 Å². The fourth-order valence-electron chi connectivity index (χ4n) is 1.19. The average Bonchev–Trinajstić information content (AvgIpc) is 2.13. The Balaban J connectivity index is 4.34. The molecule has 16 heavy (non-hydrogen) atoms. The van der Waals surface area contributed by atoms with E-state index in [0.717, 1.165) is 0 Å². The molecule has 1 amide bonds. The van der Waals surface area contributed by atoms with Crippen molar-refractivity contribution in [3.05, 3.63) is 0 Å². The summed E-state index contributed by atoms with van der Waals surface area (Å²) in [5.41, 5.74) is 4.65. The predicted octanol–water partition coefficient (Wildman–Crippen LogP) is 1.82. The molecule has 0 fully saturated rings. The van der Waals surface area contributed by atoms with E-state index in [9.17, 15) is 18.0 Å². The molecule has 2 unspecified atom stereocenters. The van der Waals surface area contributed by atoms with Gasteiger partial charge in [0.15, 0.2) is 0 Å². The number of alkyl halides is 3. The van der Waals surface area contributed by atoms with Gasteiger partial charge in [0, 0.05) is 12.6 Å². The summed E-state index contributed by atoms with van der Waals surface area (Å²) in [5, 5.41) is 2.34. The molecule has 0 bridgehead atoms. The van der Waals surface area contributed by atoms with Gasteiger partial charge in [-0.15, -0.1) is 0 Å². The summed E-state index contributed by atoms with van der Waals surface area (Å²) in [6, 6.07) is -0.926. The van der Waals surface area contributed by atoms with Crippen molar-refractivity contribution >= 4 is 5.91 Å². The Morgan fingerprint density at radius 1 is 1.44 bits per heavy atom. The van der Waals surface area contributed by atoms with Crippen LogP contribution in [0.2, 0.25) is 0 Å². The fourth-order valence-corrected chi connectivity index (χ4v) is 1.19. The topological polar surface area (TPSA) is 55.1 Å². The molecule has 0 heterocycles. The minimum absolute atomic E-state index is 0.119. The highest BCUT2D eigenvalue weighted by Gasteiger charge is 2.34. The second-order valence-electron chi connectivity index (χ2n) is 4.31. The van der Waals surface area contributed by atoms with E-state index >= 15 is 0 Å². The third kappa shape index (κ3) is 4.83. The maximum Gasteiger partial charge on any atom is 0.391 e. The van der Waals surface area contributed by atoms with Crippen LogP contribution < -0.4 is 11.1 Å². The molecular weight excluding hydrogens is 221 g/mol. The van der Waals surface area contributed by atoms with Gasteiger partial charge in [-0.25, -0.2) is 0 Å². The Bertz CT molecular complexity index is 237. The van der Waals surface area contributed by atoms with Crippen LogP contribution in [0.5, 0.6) is 0 Å². The van der Waals surface area contributed by atoms with Crippen LogP contribution in [0.25, 0.3) is 0 Å². The summed E-state index contributed by atoms with van der Waals surface area (Å²) in [6.45, 7) is 4.87. The molecule has 0 rings (SSSR count). The summed E-state index contributed by atoms with van der Waals surface area (Å²) < 4.78 is 36.1.